The van der Waals surface area contributed by atoms with Gasteiger partial charge in [0.05, 0.1) is 11.8 Å². The molecule has 28 heavy (non-hydrogen) atoms. The van der Waals surface area contributed by atoms with Gasteiger partial charge in [-0.05, 0) is 63.5 Å². The topological polar surface area (TPSA) is 80.8 Å². The van der Waals surface area contributed by atoms with Crippen molar-refractivity contribution < 1.29 is 23.9 Å². The van der Waals surface area contributed by atoms with E-state index in [0.717, 1.165) is 35.3 Å². The second-order valence-electron chi connectivity index (χ2n) is 8.46. The van der Waals surface area contributed by atoms with Gasteiger partial charge in [0.15, 0.2) is 6.61 Å². The van der Waals surface area contributed by atoms with Gasteiger partial charge in [-0.25, -0.2) is 4.79 Å². The van der Waals surface area contributed by atoms with Gasteiger partial charge in [0.2, 0.25) is 17.6 Å². The maximum absolute atomic E-state index is 12.8. The molecule has 0 radical (unpaired) electrons. The highest BCUT2D eigenvalue weighted by molar-refractivity contribution is 6.08. The van der Waals surface area contributed by atoms with Gasteiger partial charge in [-0.15, -0.1) is 0 Å². The zero-order chi connectivity index (χ0) is 20.2. The number of aryl methyl sites for hydroxylation is 2. The van der Waals surface area contributed by atoms with Crippen molar-refractivity contribution in [2.45, 2.75) is 46.1 Å². The number of rotatable bonds is 5. The molecule has 2 saturated carbocycles. The molecule has 0 N–H and O–H groups in total. The summed E-state index contributed by atoms with van der Waals surface area (Å²) in [6.45, 7) is 4.82. The van der Waals surface area contributed by atoms with Crippen molar-refractivity contribution in [3.63, 3.8) is 0 Å². The third-order valence-electron chi connectivity index (χ3n) is 6.73. The number of nitrogens with zero attached hydrogens (tertiary/aromatic N) is 1. The molecule has 0 spiro atoms. The van der Waals surface area contributed by atoms with E-state index >= 15 is 0 Å². The van der Waals surface area contributed by atoms with E-state index in [2.05, 4.69) is 0 Å². The normalized spacial score (nSPS) is 29.2. The van der Waals surface area contributed by atoms with Crippen molar-refractivity contribution in [2.24, 2.45) is 23.7 Å². The van der Waals surface area contributed by atoms with Crippen molar-refractivity contribution in [1.82, 2.24) is 4.90 Å². The molecule has 5 atom stereocenters. The van der Waals surface area contributed by atoms with E-state index in [1.807, 2.05) is 26.0 Å². The highest BCUT2D eigenvalue weighted by Gasteiger charge is 2.62. The molecule has 2 bridgehead atoms. The fourth-order valence-electron chi connectivity index (χ4n) is 5.29. The summed E-state index contributed by atoms with van der Waals surface area (Å²) in [6, 6.07) is 4.52. The van der Waals surface area contributed by atoms with E-state index in [4.69, 9.17) is 4.74 Å². The second kappa shape index (κ2) is 6.83. The molecule has 1 aliphatic heterocycles. The summed E-state index contributed by atoms with van der Waals surface area (Å²) in [5, 5.41) is 0. The van der Waals surface area contributed by atoms with Gasteiger partial charge < -0.3 is 4.74 Å². The van der Waals surface area contributed by atoms with Crippen molar-refractivity contribution in [2.75, 3.05) is 6.61 Å². The van der Waals surface area contributed by atoms with Gasteiger partial charge in [-0.2, -0.15) is 0 Å². The largest absolute Gasteiger partial charge is 0.456 e. The summed E-state index contributed by atoms with van der Waals surface area (Å²) >= 11 is 0. The standard InChI is InChI=1S/C22H25NO5/c1-11-4-5-12(2)16(8-11)17(24)10-28-22(27)13(3)23-20(25)18-14-6-7-15(9-14)19(18)21(23)26/h4-5,8,13-15,18-19H,6-7,9-10H2,1-3H3/t13-,14-,15-,18+,19+/m0/s1. The summed E-state index contributed by atoms with van der Waals surface area (Å²) in [7, 11) is 0. The van der Waals surface area contributed by atoms with Crippen LogP contribution in [0.2, 0.25) is 0 Å². The van der Waals surface area contributed by atoms with Crippen LogP contribution in [0.1, 0.15) is 47.7 Å². The van der Waals surface area contributed by atoms with Crippen molar-refractivity contribution in [3.8, 4) is 0 Å². The fourth-order valence-corrected chi connectivity index (χ4v) is 5.29. The number of carbonyl (C=O) groups is 4. The number of ether oxygens (including phenoxy) is 1. The van der Waals surface area contributed by atoms with Crippen LogP contribution in [0, 0.1) is 37.5 Å². The van der Waals surface area contributed by atoms with Gasteiger partial charge in [0.1, 0.15) is 6.04 Å². The first kappa shape index (κ1) is 18.8. The summed E-state index contributed by atoms with van der Waals surface area (Å²) < 4.78 is 5.18. The Labute approximate surface area is 164 Å². The predicted octanol–water partition coefficient (Wildman–Crippen LogP) is 2.45. The predicted molar refractivity (Wildman–Crippen MR) is 100 cm³/mol. The van der Waals surface area contributed by atoms with Crippen molar-refractivity contribution >= 4 is 23.6 Å². The Kier molecular flexibility index (Phi) is 4.60. The Morgan fingerprint density at radius 3 is 2.32 bits per heavy atom. The Balaban J connectivity index is 1.41. The molecule has 1 aromatic carbocycles. The van der Waals surface area contributed by atoms with Gasteiger partial charge in [0.25, 0.3) is 0 Å². The van der Waals surface area contributed by atoms with Crippen molar-refractivity contribution in [1.29, 1.82) is 0 Å². The van der Waals surface area contributed by atoms with Crippen LogP contribution in [-0.4, -0.2) is 41.1 Å². The summed E-state index contributed by atoms with van der Waals surface area (Å²) in [6.07, 6.45) is 2.92. The number of likely N-dealkylation sites (tertiary alicyclic amines) is 1. The molecule has 1 aromatic rings. The number of hydrogen-bond donors (Lipinski definition) is 0. The van der Waals surface area contributed by atoms with E-state index in [1.54, 1.807) is 6.07 Å². The first-order valence-electron chi connectivity index (χ1n) is 9.93. The third kappa shape index (κ3) is 2.86. The molecule has 0 unspecified atom stereocenters. The Morgan fingerprint density at radius 2 is 1.71 bits per heavy atom. The van der Waals surface area contributed by atoms with E-state index in [1.165, 1.54) is 6.92 Å². The van der Waals surface area contributed by atoms with Crippen molar-refractivity contribution in [3.05, 3.63) is 34.9 Å². The van der Waals surface area contributed by atoms with Crippen LogP contribution in [0.4, 0.5) is 0 Å². The van der Waals surface area contributed by atoms with Crippen LogP contribution in [0.3, 0.4) is 0 Å². The number of esters is 1. The number of ketones is 1. The van der Waals surface area contributed by atoms with Crippen LogP contribution in [0.15, 0.2) is 18.2 Å². The summed E-state index contributed by atoms with van der Waals surface area (Å²) in [5.74, 6) is -1.49. The van der Waals surface area contributed by atoms with Gasteiger partial charge in [-0.1, -0.05) is 17.7 Å². The molecule has 2 aliphatic carbocycles. The minimum Gasteiger partial charge on any atom is -0.456 e. The van der Waals surface area contributed by atoms with Gasteiger partial charge >= 0.3 is 5.97 Å². The summed E-state index contributed by atoms with van der Waals surface area (Å²) in [4.78, 5) is 51.6. The average Bonchev–Trinajstić information content (AvgIpc) is 3.34. The number of benzene rings is 1. The zero-order valence-corrected chi connectivity index (χ0v) is 16.4. The fraction of sp³-hybridized carbons (Fsp3) is 0.545. The lowest BCUT2D eigenvalue weighted by molar-refractivity contribution is -0.157. The molecule has 4 rings (SSSR count). The minimum absolute atomic E-state index is 0.243. The smallest absolute Gasteiger partial charge is 0.329 e. The maximum Gasteiger partial charge on any atom is 0.329 e. The van der Waals surface area contributed by atoms with Crippen LogP contribution in [0.25, 0.3) is 0 Å². The average molecular weight is 383 g/mol. The number of Topliss-reactive ketones (excluding diaryl/α,β-unsaturated/α-hetero) is 1. The molecule has 148 valence electrons. The molecule has 1 saturated heterocycles. The van der Waals surface area contributed by atoms with E-state index in [9.17, 15) is 19.2 Å². The Morgan fingerprint density at radius 1 is 1.11 bits per heavy atom. The molecule has 3 fully saturated rings. The van der Waals surface area contributed by atoms with Gasteiger partial charge in [-0.3, -0.25) is 19.3 Å². The minimum atomic E-state index is -1.00. The maximum atomic E-state index is 12.8. The monoisotopic (exact) mass is 383 g/mol. The van der Waals surface area contributed by atoms with Crippen LogP contribution >= 0.6 is 0 Å². The van der Waals surface area contributed by atoms with Gasteiger partial charge in [0, 0.05) is 5.56 Å². The Bertz CT molecular complexity index is 848. The number of fused-ring (bicyclic) bond motifs is 5. The molecular formula is C22H25NO5. The van der Waals surface area contributed by atoms with E-state index in [0.29, 0.717) is 5.56 Å². The number of carbonyl (C=O) groups excluding carboxylic acids is 4. The zero-order valence-electron chi connectivity index (χ0n) is 16.4. The highest BCUT2D eigenvalue weighted by Crippen LogP contribution is 2.56. The van der Waals surface area contributed by atoms with Crippen LogP contribution in [0.5, 0.6) is 0 Å². The molecule has 6 nitrogen and oxygen atoms in total. The van der Waals surface area contributed by atoms with Crippen LogP contribution in [-0.2, 0) is 19.1 Å². The quantitative estimate of drug-likeness (QED) is 0.443. The third-order valence-corrected chi connectivity index (χ3v) is 6.73. The van der Waals surface area contributed by atoms with Crippen LogP contribution < -0.4 is 0 Å². The SMILES string of the molecule is Cc1ccc(C)c(C(=O)COC(=O)[C@H](C)N2C(=O)[C@@H]3[C@H]4CC[C@@H](C4)[C@H]3C2=O)c1. The molecular weight excluding hydrogens is 358 g/mol. The highest BCUT2D eigenvalue weighted by atomic mass is 16.5. The lowest BCUT2D eigenvalue weighted by Crippen LogP contribution is -2.45. The Hall–Kier alpha value is -2.50. The first-order chi connectivity index (χ1) is 13.3. The number of imide groups is 1. The molecule has 0 aromatic heterocycles. The van der Waals surface area contributed by atoms with E-state index < -0.39 is 18.6 Å². The molecule has 6 heteroatoms. The first-order valence-corrected chi connectivity index (χ1v) is 9.93. The lowest BCUT2D eigenvalue weighted by Gasteiger charge is -2.23. The second-order valence-corrected chi connectivity index (χ2v) is 8.46. The molecule has 3 aliphatic rings. The summed E-state index contributed by atoms with van der Waals surface area (Å²) in [5.41, 5.74) is 2.27. The molecule has 1 heterocycles. The number of amides is 2. The lowest BCUT2D eigenvalue weighted by atomic mass is 9.81. The van der Waals surface area contributed by atoms with E-state index in [-0.39, 0.29) is 41.3 Å². The molecule has 2 amide bonds. The number of hydrogen-bond acceptors (Lipinski definition) is 5.